The lowest BCUT2D eigenvalue weighted by molar-refractivity contribution is -0.140. The highest BCUT2D eigenvalue weighted by Crippen LogP contribution is 2.27. The van der Waals surface area contributed by atoms with Gasteiger partial charge in [-0.3, -0.25) is 9.59 Å². The van der Waals surface area contributed by atoms with Crippen molar-refractivity contribution in [3.63, 3.8) is 0 Å². The fourth-order valence-electron chi connectivity index (χ4n) is 1.82. The van der Waals surface area contributed by atoms with Crippen molar-refractivity contribution >= 4 is 29.2 Å². The molecule has 4 nitrogen and oxygen atoms in total. The zero-order chi connectivity index (χ0) is 15.1. The van der Waals surface area contributed by atoms with Crippen molar-refractivity contribution in [2.24, 2.45) is 5.92 Å². The molecule has 5 heteroatoms. The highest BCUT2D eigenvalue weighted by molar-refractivity contribution is 6.33. The zero-order valence-electron chi connectivity index (χ0n) is 11.8. The van der Waals surface area contributed by atoms with Crippen molar-refractivity contribution in [2.75, 3.05) is 11.4 Å². The minimum absolute atomic E-state index is 0.0898. The summed E-state index contributed by atoms with van der Waals surface area (Å²) in [6, 6.07) is 7.00. The Morgan fingerprint density at radius 3 is 2.55 bits per heavy atom. The molecule has 1 aromatic carbocycles. The van der Waals surface area contributed by atoms with E-state index in [4.69, 9.17) is 16.7 Å². The maximum atomic E-state index is 12.3. The van der Waals surface area contributed by atoms with Crippen LogP contribution in [0.3, 0.4) is 0 Å². The number of anilines is 1. The molecular weight excluding hydrogens is 278 g/mol. The fourth-order valence-corrected chi connectivity index (χ4v) is 2.06. The van der Waals surface area contributed by atoms with Gasteiger partial charge in [-0.15, -0.1) is 0 Å². The molecule has 1 unspecified atom stereocenters. The third-order valence-electron chi connectivity index (χ3n) is 3.07. The monoisotopic (exact) mass is 297 g/mol. The Hall–Kier alpha value is -1.55. The highest BCUT2D eigenvalue weighted by Gasteiger charge is 2.23. The van der Waals surface area contributed by atoms with E-state index in [-0.39, 0.29) is 12.5 Å². The molecule has 0 saturated heterocycles. The van der Waals surface area contributed by atoms with E-state index >= 15 is 0 Å². The summed E-state index contributed by atoms with van der Waals surface area (Å²) in [6.45, 7) is 3.72. The second-order valence-corrected chi connectivity index (χ2v) is 5.21. The maximum absolute atomic E-state index is 12.3. The molecule has 1 aromatic rings. The molecule has 1 rings (SSSR count). The van der Waals surface area contributed by atoms with Crippen LogP contribution < -0.4 is 4.90 Å². The molecule has 1 N–H and O–H groups in total. The van der Waals surface area contributed by atoms with Crippen LogP contribution in [-0.2, 0) is 9.59 Å². The van der Waals surface area contributed by atoms with Crippen molar-refractivity contribution in [3.05, 3.63) is 29.3 Å². The summed E-state index contributed by atoms with van der Waals surface area (Å²) in [5.74, 6) is -1.66. The molecule has 1 amide bonds. The number of hydrogen-bond acceptors (Lipinski definition) is 2. The van der Waals surface area contributed by atoms with E-state index in [0.29, 0.717) is 17.1 Å². The Balaban J connectivity index is 2.98. The van der Waals surface area contributed by atoms with Crippen LogP contribution in [0, 0.1) is 5.92 Å². The van der Waals surface area contributed by atoms with Gasteiger partial charge in [-0.2, -0.15) is 0 Å². The topological polar surface area (TPSA) is 57.6 Å². The van der Waals surface area contributed by atoms with E-state index < -0.39 is 11.9 Å². The van der Waals surface area contributed by atoms with Crippen LogP contribution in [0.2, 0.25) is 5.02 Å². The van der Waals surface area contributed by atoms with E-state index in [0.717, 1.165) is 12.8 Å². The summed E-state index contributed by atoms with van der Waals surface area (Å²) >= 11 is 6.12. The Morgan fingerprint density at radius 2 is 2.00 bits per heavy atom. The maximum Gasteiger partial charge on any atom is 0.308 e. The smallest absolute Gasteiger partial charge is 0.308 e. The van der Waals surface area contributed by atoms with E-state index in [1.54, 1.807) is 31.2 Å². The molecule has 0 heterocycles. The van der Waals surface area contributed by atoms with Gasteiger partial charge >= 0.3 is 5.97 Å². The molecule has 110 valence electrons. The van der Waals surface area contributed by atoms with Crippen molar-refractivity contribution in [3.8, 4) is 0 Å². The average Bonchev–Trinajstić information content (AvgIpc) is 2.42. The van der Waals surface area contributed by atoms with Gasteiger partial charge in [0.05, 0.1) is 16.6 Å². The molecule has 0 radical (unpaired) electrons. The van der Waals surface area contributed by atoms with E-state index in [9.17, 15) is 9.59 Å². The van der Waals surface area contributed by atoms with Crippen molar-refractivity contribution < 1.29 is 14.7 Å². The first-order valence-corrected chi connectivity index (χ1v) is 7.12. The number of carboxylic acids is 1. The lowest BCUT2D eigenvalue weighted by Crippen LogP contribution is -2.37. The second kappa shape index (κ2) is 7.90. The molecule has 0 aliphatic heterocycles. The number of aliphatic carboxylic acids is 1. The second-order valence-electron chi connectivity index (χ2n) is 4.80. The fraction of sp³-hybridized carbons (Fsp3) is 0.467. The summed E-state index contributed by atoms with van der Waals surface area (Å²) in [6.07, 6.45) is 2.09. The van der Waals surface area contributed by atoms with Crippen molar-refractivity contribution in [1.29, 1.82) is 0 Å². The van der Waals surface area contributed by atoms with Crippen molar-refractivity contribution in [1.82, 2.24) is 0 Å². The van der Waals surface area contributed by atoms with Gasteiger partial charge in [0.1, 0.15) is 0 Å². The molecular formula is C15H20ClNO3. The number of halogens is 1. The first kappa shape index (κ1) is 16.5. The molecule has 20 heavy (non-hydrogen) atoms. The van der Waals surface area contributed by atoms with Gasteiger partial charge in [0.2, 0.25) is 5.91 Å². The molecule has 0 aromatic heterocycles. The van der Waals surface area contributed by atoms with Crippen LogP contribution in [0.4, 0.5) is 5.69 Å². The van der Waals surface area contributed by atoms with Gasteiger partial charge in [0.25, 0.3) is 0 Å². The minimum Gasteiger partial charge on any atom is -0.481 e. The first-order valence-electron chi connectivity index (χ1n) is 6.75. The summed E-state index contributed by atoms with van der Waals surface area (Å²) in [4.78, 5) is 24.8. The first-order chi connectivity index (χ1) is 9.47. The summed E-state index contributed by atoms with van der Waals surface area (Å²) in [7, 11) is 0. The van der Waals surface area contributed by atoms with Crippen LogP contribution in [0.15, 0.2) is 24.3 Å². The number of para-hydroxylation sites is 1. The number of rotatable bonds is 7. The quantitative estimate of drug-likeness (QED) is 0.837. The summed E-state index contributed by atoms with van der Waals surface area (Å²) < 4.78 is 0. The van der Waals surface area contributed by atoms with Gasteiger partial charge in [0, 0.05) is 13.0 Å². The van der Waals surface area contributed by atoms with Gasteiger partial charge in [0.15, 0.2) is 0 Å². The van der Waals surface area contributed by atoms with E-state index in [2.05, 4.69) is 0 Å². The van der Waals surface area contributed by atoms with Crippen LogP contribution >= 0.6 is 11.6 Å². The van der Waals surface area contributed by atoms with Crippen molar-refractivity contribution in [2.45, 2.75) is 33.1 Å². The summed E-state index contributed by atoms with van der Waals surface area (Å²) in [5, 5.41) is 9.49. The molecule has 0 bridgehead atoms. The molecule has 0 aliphatic carbocycles. The predicted octanol–water partition coefficient (Wildman–Crippen LogP) is 3.58. The van der Waals surface area contributed by atoms with Crippen LogP contribution in [0.1, 0.15) is 33.1 Å². The highest BCUT2D eigenvalue weighted by atomic mass is 35.5. The van der Waals surface area contributed by atoms with Gasteiger partial charge in [-0.25, -0.2) is 0 Å². The largest absolute Gasteiger partial charge is 0.481 e. The number of carbonyl (C=O) groups is 2. The summed E-state index contributed by atoms with van der Waals surface area (Å²) in [5.41, 5.74) is 0.573. The Labute approximate surface area is 124 Å². The minimum atomic E-state index is -0.926. The number of nitrogens with zero attached hydrogens (tertiary/aromatic N) is 1. The third-order valence-corrected chi connectivity index (χ3v) is 3.39. The van der Waals surface area contributed by atoms with Crippen LogP contribution in [0.25, 0.3) is 0 Å². The Morgan fingerprint density at radius 1 is 1.35 bits per heavy atom. The van der Waals surface area contributed by atoms with Gasteiger partial charge < -0.3 is 10.0 Å². The molecule has 0 spiro atoms. The van der Waals surface area contributed by atoms with Crippen LogP contribution in [0.5, 0.6) is 0 Å². The van der Waals surface area contributed by atoms with Gasteiger partial charge in [-0.05, 0) is 18.6 Å². The molecule has 0 saturated carbocycles. The number of amides is 1. The lowest BCUT2D eigenvalue weighted by Gasteiger charge is -2.25. The number of benzene rings is 1. The normalized spacial score (nSPS) is 11.9. The number of unbranched alkanes of at least 4 members (excludes halogenated alkanes) is 1. The Kier molecular flexibility index (Phi) is 6.52. The Bertz CT molecular complexity index is 476. The standard InChI is InChI=1S/C15H20ClNO3/c1-3-4-9-14(18)17(10-11(2)15(19)20)13-8-6-5-7-12(13)16/h5-8,11H,3-4,9-10H2,1-2H3,(H,19,20). The molecule has 1 atom stereocenters. The average molecular weight is 298 g/mol. The zero-order valence-corrected chi connectivity index (χ0v) is 12.6. The predicted molar refractivity (Wildman–Crippen MR) is 80.1 cm³/mol. The number of hydrogen-bond donors (Lipinski definition) is 1. The third kappa shape index (κ3) is 4.53. The number of carbonyl (C=O) groups excluding carboxylic acids is 1. The van der Waals surface area contributed by atoms with Crippen LogP contribution in [-0.4, -0.2) is 23.5 Å². The van der Waals surface area contributed by atoms with E-state index in [1.165, 1.54) is 4.90 Å². The van der Waals surface area contributed by atoms with Gasteiger partial charge in [-0.1, -0.05) is 44.0 Å². The van der Waals surface area contributed by atoms with E-state index in [1.807, 2.05) is 6.92 Å². The lowest BCUT2D eigenvalue weighted by atomic mass is 10.1. The molecule has 0 fully saturated rings. The SMILES string of the molecule is CCCCC(=O)N(CC(C)C(=O)O)c1ccccc1Cl. The molecule has 0 aliphatic rings. The number of carboxylic acid groups (broad SMARTS) is 1.